The lowest BCUT2D eigenvalue weighted by Crippen LogP contribution is -2.38. The number of hydrogen-bond acceptors (Lipinski definition) is 5. The molecule has 0 aliphatic carbocycles. The second-order valence-electron chi connectivity index (χ2n) is 5.75. The van der Waals surface area contributed by atoms with Crippen molar-refractivity contribution in [3.05, 3.63) is 29.1 Å². The van der Waals surface area contributed by atoms with E-state index < -0.39 is 0 Å². The van der Waals surface area contributed by atoms with E-state index in [0.717, 1.165) is 30.8 Å². The molecule has 1 amide bonds. The summed E-state index contributed by atoms with van der Waals surface area (Å²) in [6.45, 7) is 7.60. The summed E-state index contributed by atoms with van der Waals surface area (Å²) in [4.78, 5) is 19.2. The summed E-state index contributed by atoms with van der Waals surface area (Å²) in [7, 11) is 0. The fourth-order valence-electron chi connectivity index (χ4n) is 2.66. The maximum atomic E-state index is 12.9. The van der Waals surface area contributed by atoms with Crippen molar-refractivity contribution in [2.24, 2.45) is 0 Å². The van der Waals surface area contributed by atoms with E-state index in [1.54, 1.807) is 9.58 Å². The number of aryl methyl sites for hydroxylation is 2. The Morgan fingerprint density at radius 1 is 1.32 bits per heavy atom. The van der Waals surface area contributed by atoms with E-state index in [-0.39, 0.29) is 5.91 Å². The second kappa shape index (κ2) is 5.82. The molecule has 22 heavy (non-hydrogen) atoms. The third kappa shape index (κ3) is 2.47. The molecule has 1 aliphatic heterocycles. The number of amides is 1. The summed E-state index contributed by atoms with van der Waals surface area (Å²) >= 11 is 0. The molecule has 0 fully saturated rings. The molecule has 0 saturated carbocycles. The Kier molecular flexibility index (Phi) is 3.87. The molecule has 0 N–H and O–H groups in total. The molecular weight excluding hydrogens is 280 g/mol. The second-order valence-corrected chi connectivity index (χ2v) is 5.75. The standard InChI is InChI=1S/C15H20N6O/c1-4-12-11(6-7-13(16-12)10(2)3)14(22)20-8-5-9-21-15(20)17-18-19-21/h6-7,10H,4-5,8-9H2,1-3H3. The molecule has 0 saturated heterocycles. The minimum Gasteiger partial charge on any atom is -0.275 e. The Bertz CT molecular complexity index is 693. The van der Waals surface area contributed by atoms with Crippen LogP contribution >= 0.6 is 0 Å². The van der Waals surface area contributed by atoms with Crippen LogP contribution in [-0.4, -0.2) is 37.6 Å². The van der Waals surface area contributed by atoms with Gasteiger partial charge in [0.05, 0.1) is 11.3 Å². The van der Waals surface area contributed by atoms with E-state index in [0.29, 0.717) is 24.0 Å². The number of carbonyl (C=O) groups excluding carboxylic acids is 1. The predicted octanol–water partition coefficient (Wildman–Crippen LogP) is 1.80. The average Bonchev–Trinajstić information content (AvgIpc) is 3.02. The van der Waals surface area contributed by atoms with Crippen molar-refractivity contribution in [2.75, 3.05) is 11.4 Å². The van der Waals surface area contributed by atoms with E-state index in [9.17, 15) is 4.79 Å². The molecule has 1 aliphatic rings. The normalized spacial score (nSPS) is 14.3. The van der Waals surface area contributed by atoms with Crippen LogP contribution in [-0.2, 0) is 13.0 Å². The molecular formula is C15H20N6O. The van der Waals surface area contributed by atoms with Crippen molar-refractivity contribution in [2.45, 2.75) is 46.1 Å². The highest BCUT2D eigenvalue weighted by Crippen LogP contribution is 2.22. The predicted molar refractivity (Wildman–Crippen MR) is 81.8 cm³/mol. The molecule has 3 heterocycles. The van der Waals surface area contributed by atoms with Crippen LogP contribution in [0.5, 0.6) is 0 Å². The van der Waals surface area contributed by atoms with Gasteiger partial charge in [0.1, 0.15) is 0 Å². The van der Waals surface area contributed by atoms with E-state index in [2.05, 4.69) is 34.4 Å². The minimum absolute atomic E-state index is 0.0737. The lowest BCUT2D eigenvalue weighted by molar-refractivity contribution is 0.0979. The number of rotatable bonds is 3. The summed E-state index contributed by atoms with van der Waals surface area (Å²) in [6.07, 6.45) is 1.57. The van der Waals surface area contributed by atoms with Gasteiger partial charge in [0.15, 0.2) is 0 Å². The van der Waals surface area contributed by atoms with Gasteiger partial charge >= 0.3 is 0 Å². The van der Waals surface area contributed by atoms with E-state index in [1.165, 1.54) is 0 Å². The summed E-state index contributed by atoms with van der Waals surface area (Å²) in [5, 5.41) is 11.5. The Hall–Kier alpha value is -2.31. The molecule has 2 aromatic heterocycles. The van der Waals surface area contributed by atoms with Gasteiger partial charge in [-0.25, -0.2) is 4.68 Å². The molecule has 3 rings (SSSR count). The van der Waals surface area contributed by atoms with Gasteiger partial charge in [-0.1, -0.05) is 25.9 Å². The van der Waals surface area contributed by atoms with Crippen molar-refractivity contribution in [3.63, 3.8) is 0 Å². The molecule has 0 unspecified atom stereocenters. The Labute approximate surface area is 129 Å². The van der Waals surface area contributed by atoms with Gasteiger partial charge in [-0.15, -0.1) is 0 Å². The van der Waals surface area contributed by atoms with Crippen molar-refractivity contribution in [1.82, 2.24) is 25.2 Å². The number of anilines is 1. The maximum Gasteiger partial charge on any atom is 0.262 e. The van der Waals surface area contributed by atoms with Crippen LogP contribution in [0.1, 0.15) is 54.9 Å². The number of aromatic nitrogens is 5. The first-order chi connectivity index (χ1) is 10.6. The average molecular weight is 300 g/mol. The molecule has 0 aromatic carbocycles. The first kappa shape index (κ1) is 14.6. The number of nitrogens with zero attached hydrogens (tertiary/aromatic N) is 6. The van der Waals surface area contributed by atoms with Gasteiger partial charge < -0.3 is 0 Å². The topological polar surface area (TPSA) is 76.8 Å². The zero-order valence-corrected chi connectivity index (χ0v) is 13.2. The van der Waals surface area contributed by atoms with Crippen molar-refractivity contribution >= 4 is 11.9 Å². The number of pyridine rings is 1. The summed E-state index contributed by atoms with van der Waals surface area (Å²) < 4.78 is 1.67. The Morgan fingerprint density at radius 2 is 2.14 bits per heavy atom. The fraction of sp³-hybridized carbons (Fsp3) is 0.533. The Balaban J connectivity index is 1.97. The van der Waals surface area contributed by atoms with Gasteiger partial charge in [0.25, 0.3) is 11.9 Å². The molecule has 7 heteroatoms. The minimum atomic E-state index is -0.0737. The third-order valence-corrected chi connectivity index (χ3v) is 3.90. The van der Waals surface area contributed by atoms with E-state index >= 15 is 0 Å². The van der Waals surface area contributed by atoms with Crippen LogP contribution in [0.4, 0.5) is 5.95 Å². The van der Waals surface area contributed by atoms with Crippen molar-refractivity contribution in [1.29, 1.82) is 0 Å². The summed E-state index contributed by atoms with van der Waals surface area (Å²) in [6, 6.07) is 3.82. The zero-order valence-electron chi connectivity index (χ0n) is 13.2. The smallest absolute Gasteiger partial charge is 0.262 e. The highest BCUT2D eigenvalue weighted by atomic mass is 16.2. The molecule has 116 valence electrons. The van der Waals surface area contributed by atoms with Crippen LogP contribution in [0.15, 0.2) is 12.1 Å². The van der Waals surface area contributed by atoms with E-state index in [1.807, 2.05) is 19.1 Å². The van der Waals surface area contributed by atoms with Crippen LogP contribution in [0, 0.1) is 0 Å². The van der Waals surface area contributed by atoms with Crippen LogP contribution in [0.3, 0.4) is 0 Å². The van der Waals surface area contributed by atoms with Gasteiger partial charge in [-0.2, -0.15) is 0 Å². The Morgan fingerprint density at radius 3 is 2.86 bits per heavy atom. The third-order valence-electron chi connectivity index (χ3n) is 3.90. The van der Waals surface area contributed by atoms with Crippen molar-refractivity contribution in [3.8, 4) is 0 Å². The highest BCUT2D eigenvalue weighted by molar-refractivity contribution is 6.06. The first-order valence-electron chi connectivity index (χ1n) is 7.69. The van der Waals surface area contributed by atoms with Gasteiger partial charge in [-0.3, -0.25) is 14.7 Å². The molecule has 0 spiro atoms. The van der Waals surface area contributed by atoms with Gasteiger partial charge in [0, 0.05) is 18.8 Å². The number of fused-ring (bicyclic) bond motifs is 1. The monoisotopic (exact) mass is 300 g/mol. The SMILES string of the molecule is CCc1nc(C(C)C)ccc1C(=O)N1CCCn2nnnc21. The van der Waals surface area contributed by atoms with Crippen molar-refractivity contribution < 1.29 is 4.79 Å². The molecule has 0 bridgehead atoms. The zero-order chi connectivity index (χ0) is 15.7. The van der Waals surface area contributed by atoms with Crippen LogP contribution in [0.2, 0.25) is 0 Å². The van der Waals surface area contributed by atoms with E-state index in [4.69, 9.17) is 0 Å². The molecule has 0 radical (unpaired) electrons. The maximum absolute atomic E-state index is 12.9. The molecule has 7 nitrogen and oxygen atoms in total. The fourth-order valence-corrected chi connectivity index (χ4v) is 2.66. The lowest BCUT2D eigenvalue weighted by atomic mass is 10.0. The number of tetrazole rings is 1. The lowest BCUT2D eigenvalue weighted by Gasteiger charge is -2.25. The van der Waals surface area contributed by atoms with Gasteiger partial charge in [0.2, 0.25) is 0 Å². The molecule has 0 atom stereocenters. The van der Waals surface area contributed by atoms with Crippen LogP contribution in [0.25, 0.3) is 0 Å². The van der Waals surface area contributed by atoms with Gasteiger partial charge in [-0.05, 0) is 41.3 Å². The largest absolute Gasteiger partial charge is 0.275 e. The molecule has 2 aromatic rings. The summed E-state index contributed by atoms with van der Waals surface area (Å²) in [5.41, 5.74) is 2.49. The number of carbonyl (C=O) groups is 1. The first-order valence-corrected chi connectivity index (χ1v) is 7.69. The quantitative estimate of drug-likeness (QED) is 0.864. The highest BCUT2D eigenvalue weighted by Gasteiger charge is 2.28. The number of hydrogen-bond donors (Lipinski definition) is 0. The van der Waals surface area contributed by atoms with Crippen LogP contribution < -0.4 is 4.90 Å². The summed E-state index contributed by atoms with van der Waals surface area (Å²) in [5.74, 6) is 0.790.